The number of rotatable bonds is 7. The molecule has 0 atom stereocenters. The number of amides is 1. The van der Waals surface area contributed by atoms with Crippen LogP contribution < -0.4 is 0 Å². The zero-order valence-electron chi connectivity index (χ0n) is 15.9. The molecule has 1 heterocycles. The fourth-order valence-electron chi connectivity index (χ4n) is 2.81. The topological polar surface area (TPSA) is 77.3 Å². The molecule has 3 aromatic rings. The summed E-state index contributed by atoms with van der Waals surface area (Å²) < 4.78 is 6.58. The lowest BCUT2D eigenvalue weighted by molar-refractivity contribution is -0.143. The van der Waals surface area contributed by atoms with E-state index in [2.05, 4.69) is 10.3 Å². The molecule has 0 fully saturated rings. The molecule has 0 aliphatic carbocycles. The molecule has 7 nitrogen and oxygen atoms in total. The summed E-state index contributed by atoms with van der Waals surface area (Å²) in [6, 6.07) is 19.1. The van der Waals surface area contributed by atoms with Gasteiger partial charge < -0.3 is 9.64 Å². The summed E-state index contributed by atoms with van der Waals surface area (Å²) in [5, 5.41) is 8.38. The van der Waals surface area contributed by atoms with Gasteiger partial charge in [-0.15, -0.1) is 5.10 Å². The van der Waals surface area contributed by atoms with E-state index in [0.717, 1.165) is 11.3 Å². The molecule has 3 rings (SSSR count). The van der Waals surface area contributed by atoms with Crippen molar-refractivity contribution in [1.29, 1.82) is 0 Å². The second kappa shape index (κ2) is 8.94. The minimum absolute atomic E-state index is 0.129. The van der Waals surface area contributed by atoms with E-state index in [1.54, 1.807) is 18.7 Å². The Morgan fingerprint density at radius 3 is 2.32 bits per heavy atom. The van der Waals surface area contributed by atoms with Crippen LogP contribution in [0, 0.1) is 0 Å². The van der Waals surface area contributed by atoms with Crippen LogP contribution in [-0.2, 0) is 9.53 Å². The number of benzene rings is 2. The molecule has 7 heteroatoms. The fraction of sp³-hybridized carbons (Fsp3) is 0.238. The van der Waals surface area contributed by atoms with E-state index in [-0.39, 0.29) is 30.5 Å². The van der Waals surface area contributed by atoms with Gasteiger partial charge >= 0.3 is 5.97 Å². The lowest BCUT2D eigenvalue weighted by Gasteiger charge is -2.16. The zero-order chi connectivity index (χ0) is 19.9. The Balaban J connectivity index is 1.94. The average Bonchev–Trinajstić information content (AvgIpc) is 3.18. The SMILES string of the molecule is CCOC(=O)CCN(C)C(=O)c1nnn(-c2ccccc2)c1-c1ccccc1. The molecule has 144 valence electrons. The minimum atomic E-state index is -0.335. The number of hydrogen-bond donors (Lipinski definition) is 0. The molecule has 0 saturated heterocycles. The van der Waals surface area contributed by atoms with Gasteiger partial charge in [-0.1, -0.05) is 53.7 Å². The van der Waals surface area contributed by atoms with Crippen LogP contribution in [0.5, 0.6) is 0 Å². The van der Waals surface area contributed by atoms with Gasteiger partial charge in [0.25, 0.3) is 5.91 Å². The number of carbonyl (C=O) groups excluding carboxylic acids is 2. The Bertz CT molecular complexity index is 939. The smallest absolute Gasteiger partial charge is 0.307 e. The van der Waals surface area contributed by atoms with Gasteiger partial charge in [-0.2, -0.15) is 0 Å². The molecule has 0 saturated carbocycles. The largest absolute Gasteiger partial charge is 0.466 e. The molecule has 0 aliphatic rings. The quantitative estimate of drug-likeness (QED) is 0.591. The third-order valence-corrected chi connectivity index (χ3v) is 4.22. The summed E-state index contributed by atoms with van der Waals surface area (Å²) >= 11 is 0. The van der Waals surface area contributed by atoms with Crippen LogP contribution in [-0.4, -0.2) is 52.0 Å². The molecule has 2 aromatic carbocycles. The molecule has 28 heavy (non-hydrogen) atoms. The molecular weight excluding hydrogens is 356 g/mol. The Morgan fingerprint density at radius 2 is 1.68 bits per heavy atom. The number of aromatic nitrogens is 3. The molecule has 0 bridgehead atoms. The van der Waals surface area contributed by atoms with Crippen molar-refractivity contribution >= 4 is 11.9 Å². The van der Waals surface area contributed by atoms with Crippen molar-refractivity contribution in [3.8, 4) is 16.9 Å². The van der Waals surface area contributed by atoms with Gasteiger partial charge in [-0.3, -0.25) is 9.59 Å². The zero-order valence-corrected chi connectivity index (χ0v) is 15.9. The Hall–Kier alpha value is -3.48. The number of nitrogens with zero attached hydrogens (tertiary/aromatic N) is 4. The summed E-state index contributed by atoms with van der Waals surface area (Å²) in [5.74, 6) is -0.635. The van der Waals surface area contributed by atoms with E-state index < -0.39 is 0 Å². The molecular formula is C21H22N4O3. The van der Waals surface area contributed by atoms with E-state index in [0.29, 0.717) is 12.3 Å². The van der Waals surface area contributed by atoms with Gasteiger partial charge in [0.15, 0.2) is 5.69 Å². The number of ether oxygens (including phenoxy) is 1. The fourth-order valence-corrected chi connectivity index (χ4v) is 2.81. The second-order valence-electron chi connectivity index (χ2n) is 6.18. The van der Waals surface area contributed by atoms with Crippen molar-refractivity contribution in [3.63, 3.8) is 0 Å². The van der Waals surface area contributed by atoms with E-state index in [1.165, 1.54) is 4.90 Å². The molecule has 0 radical (unpaired) electrons. The van der Waals surface area contributed by atoms with Gasteiger partial charge in [-0.05, 0) is 19.1 Å². The summed E-state index contributed by atoms with van der Waals surface area (Å²) in [5.41, 5.74) is 2.49. The number of hydrogen-bond acceptors (Lipinski definition) is 5. The standard InChI is InChI=1S/C21H22N4O3/c1-3-28-18(26)14-15-24(2)21(27)19-20(16-10-6-4-7-11-16)25(23-22-19)17-12-8-5-9-13-17/h4-13H,3,14-15H2,1-2H3. The van der Waals surface area contributed by atoms with Crippen LogP contribution in [0.2, 0.25) is 0 Å². The lowest BCUT2D eigenvalue weighted by atomic mass is 10.1. The van der Waals surface area contributed by atoms with Crippen LogP contribution >= 0.6 is 0 Å². The number of esters is 1. The van der Waals surface area contributed by atoms with Crippen molar-refractivity contribution in [2.75, 3.05) is 20.2 Å². The number of para-hydroxylation sites is 1. The van der Waals surface area contributed by atoms with E-state index in [4.69, 9.17) is 4.74 Å². The highest BCUT2D eigenvalue weighted by Gasteiger charge is 2.24. The first-order valence-electron chi connectivity index (χ1n) is 9.09. The Morgan fingerprint density at radius 1 is 1.04 bits per heavy atom. The maximum atomic E-state index is 13.0. The average molecular weight is 378 g/mol. The molecule has 0 aliphatic heterocycles. The predicted octanol–water partition coefficient (Wildman–Crippen LogP) is 2.96. The highest BCUT2D eigenvalue weighted by atomic mass is 16.5. The first kappa shape index (κ1) is 19.3. The van der Waals surface area contributed by atoms with Gasteiger partial charge in [-0.25, -0.2) is 4.68 Å². The van der Waals surface area contributed by atoms with Gasteiger partial charge in [0.2, 0.25) is 0 Å². The molecule has 0 N–H and O–H groups in total. The van der Waals surface area contributed by atoms with E-state index >= 15 is 0 Å². The normalized spacial score (nSPS) is 10.5. The van der Waals surface area contributed by atoms with Gasteiger partial charge in [0, 0.05) is 19.2 Å². The Labute approximate surface area is 163 Å². The third kappa shape index (κ3) is 4.25. The van der Waals surface area contributed by atoms with Crippen LogP contribution in [0.15, 0.2) is 60.7 Å². The second-order valence-corrected chi connectivity index (χ2v) is 6.18. The van der Waals surface area contributed by atoms with E-state index in [9.17, 15) is 9.59 Å². The van der Waals surface area contributed by atoms with Crippen LogP contribution in [0.3, 0.4) is 0 Å². The highest BCUT2D eigenvalue weighted by Crippen LogP contribution is 2.26. The van der Waals surface area contributed by atoms with Gasteiger partial charge in [0.05, 0.1) is 18.7 Å². The van der Waals surface area contributed by atoms with Crippen molar-refractivity contribution in [2.24, 2.45) is 0 Å². The van der Waals surface area contributed by atoms with Crippen molar-refractivity contribution in [1.82, 2.24) is 19.9 Å². The summed E-state index contributed by atoms with van der Waals surface area (Å²) in [7, 11) is 1.64. The van der Waals surface area contributed by atoms with Crippen LogP contribution in [0.4, 0.5) is 0 Å². The van der Waals surface area contributed by atoms with Crippen LogP contribution in [0.1, 0.15) is 23.8 Å². The molecule has 0 unspecified atom stereocenters. The third-order valence-electron chi connectivity index (χ3n) is 4.22. The first-order chi connectivity index (χ1) is 13.6. The van der Waals surface area contributed by atoms with Gasteiger partial charge in [0.1, 0.15) is 5.69 Å². The maximum Gasteiger partial charge on any atom is 0.307 e. The highest BCUT2D eigenvalue weighted by molar-refractivity contribution is 5.98. The van der Waals surface area contributed by atoms with Crippen molar-refractivity contribution in [2.45, 2.75) is 13.3 Å². The summed E-state index contributed by atoms with van der Waals surface area (Å²) in [6.07, 6.45) is 0.129. The molecule has 1 amide bonds. The molecule has 1 aromatic heterocycles. The maximum absolute atomic E-state index is 13.0. The summed E-state index contributed by atoms with van der Waals surface area (Å²) in [4.78, 5) is 26.1. The van der Waals surface area contributed by atoms with Crippen molar-refractivity contribution in [3.05, 3.63) is 66.4 Å². The van der Waals surface area contributed by atoms with E-state index in [1.807, 2.05) is 60.7 Å². The first-order valence-corrected chi connectivity index (χ1v) is 9.09. The molecule has 0 spiro atoms. The predicted molar refractivity (Wildman–Crippen MR) is 105 cm³/mol. The van der Waals surface area contributed by atoms with Crippen LogP contribution in [0.25, 0.3) is 16.9 Å². The minimum Gasteiger partial charge on any atom is -0.466 e. The monoisotopic (exact) mass is 378 g/mol. The lowest BCUT2D eigenvalue weighted by Crippen LogP contribution is -2.30. The van der Waals surface area contributed by atoms with Crippen molar-refractivity contribution < 1.29 is 14.3 Å². The Kier molecular flexibility index (Phi) is 6.16. The number of carbonyl (C=O) groups is 2. The summed E-state index contributed by atoms with van der Waals surface area (Å²) in [6.45, 7) is 2.31.